The van der Waals surface area contributed by atoms with Crippen molar-refractivity contribution in [3.8, 4) is 5.75 Å². The Kier molecular flexibility index (Phi) is 6.97. The van der Waals surface area contributed by atoms with Crippen molar-refractivity contribution in [2.24, 2.45) is 0 Å². The second-order valence-electron chi connectivity index (χ2n) is 7.21. The van der Waals surface area contributed by atoms with E-state index in [0.717, 1.165) is 28.1 Å². The van der Waals surface area contributed by atoms with Crippen LogP contribution in [0.4, 0.5) is 0 Å². The molecule has 2 unspecified atom stereocenters. The molecule has 5 rings (SSSR count). The Bertz CT molecular complexity index is 1290. The number of hydrogen-bond donors (Lipinski definition) is 2. The van der Waals surface area contributed by atoms with Crippen LogP contribution < -0.4 is 10.0 Å². The van der Waals surface area contributed by atoms with Crippen molar-refractivity contribution < 1.29 is 28.1 Å². The standard InChI is InChI=1S/C22H19ClN2O6P2/c23-16-3-1-2-14(10-16)19-7-9-29-32(31-19)17-11-15-4-5-18-20(28-13-30-33(26)27)6-8-24-22(18)21(15)25-12-17/h1-6,8,10-12,19,26-27H,7,9,13H2. The highest BCUT2D eigenvalue weighted by atomic mass is 35.5. The first-order chi connectivity index (χ1) is 16.1. The molecule has 0 spiro atoms. The highest BCUT2D eigenvalue weighted by molar-refractivity contribution is 7.56. The summed E-state index contributed by atoms with van der Waals surface area (Å²) in [4.78, 5) is 26.9. The minimum Gasteiger partial charge on any atom is -0.466 e. The lowest BCUT2D eigenvalue weighted by Crippen LogP contribution is -2.17. The zero-order valence-electron chi connectivity index (χ0n) is 17.2. The average Bonchev–Trinajstić information content (AvgIpc) is 2.83. The Balaban J connectivity index is 1.42. The van der Waals surface area contributed by atoms with Crippen LogP contribution in [-0.4, -0.2) is 33.2 Å². The van der Waals surface area contributed by atoms with Crippen LogP contribution in [0.3, 0.4) is 0 Å². The van der Waals surface area contributed by atoms with Gasteiger partial charge in [0.1, 0.15) is 11.3 Å². The third-order valence-electron chi connectivity index (χ3n) is 5.13. The van der Waals surface area contributed by atoms with E-state index in [0.29, 0.717) is 28.4 Å². The second kappa shape index (κ2) is 10.1. The van der Waals surface area contributed by atoms with Crippen LogP contribution in [-0.2, 0) is 13.6 Å². The second-order valence-corrected chi connectivity index (χ2v) is 9.91. The van der Waals surface area contributed by atoms with Crippen molar-refractivity contribution in [1.29, 1.82) is 0 Å². The smallest absolute Gasteiger partial charge is 0.330 e. The van der Waals surface area contributed by atoms with Crippen LogP contribution in [0.1, 0.15) is 18.1 Å². The van der Waals surface area contributed by atoms with Crippen LogP contribution in [0.2, 0.25) is 5.02 Å². The van der Waals surface area contributed by atoms with Crippen LogP contribution in [0.5, 0.6) is 5.75 Å². The van der Waals surface area contributed by atoms with Crippen LogP contribution in [0, 0.1) is 0 Å². The van der Waals surface area contributed by atoms with Gasteiger partial charge in [0.2, 0.25) is 8.38 Å². The highest BCUT2D eigenvalue weighted by Crippen LogP contribution is 2.48. The average molecular weight is 505 g/mol. The fraction of sp³-hybridized carbons (Fsp3) is 0.182. The summed E-state index contributed by atoms with van der Waals surface area (Å²) in [5.74, 6) is 0.511. The molecule has 33 heavy (non-hydrogen) atoms. The normalized spacial score (nSPS) is 18.8. The summed E-state index contributed by atoms with van der Waals surface area (Å²) in [6.07, 6.45) is 4.05. The minimum atomic E-state index is -2.48. The van der Waals surface area contributed by atoms with E-state index >= 15 is 0 Å². The maximum absolute atomic E-state index is 8.88. The Morgan fingerprint density at radius 3 is 2.88 bits per heavy atom. The summed E-state index contributed by atoms with van der Waals surface area (Å²) in [7, 11) is -3.77. The number of aromatic nitrogens is 2. The van der Waals surface area contributed by atoms with Gasteiger partial charge in [-0.25, -0.2) is 0 Å². The van der Waals surface area contributed by atoms with E-state index in [-0.39, 0.29) is 12.9 Å². The van der Waals surface area contributed by atoms with E-state index < -0.39 is 17.0 Å². The van der Waals surface area contributed by atoms with E-state index in [4.69, 9.17) is 39.7 Å². The van der Waals surface area contributed by atoms with Gasteiger partial charge in [0.15, 0.2) is 6.79 Å². The monoisotopic (exact) mass is 504 g/mol. The molecule has 2 aromatic heterocycles. The molecule has 1 fully saturated rings. The molecule has 0 saturated carbocycles. The maximum atomic E-state index is 8.88. The zero-order chi connectivity index (χ0) is 22.8. The molecular formula is C22H19ClN2O6P2. The Hall–Kier alpha value is -1.99. The quantitative estimate of drug-likeness (QED) is 0.212. The van der Waals surface area contributed by atoms with Crippen molar-refractivity contribution in [1.82, 2.24) is 9.97 Å². The number of halogens is 1. The molecule has 170 valence electrons. The van der Waals surface area contributed by atoms with Gasteiger partial charge in [-0.15, -0.1) is 0 Å². The SMILES string of the molecule is OP(O)OCOc1ccnc2c1ccc1cc(P3OCCC(c4cccc(Cl)c4)O3)cnc12. The molecule has 4 aromatic rings. The molecule has 1 aliphatic rings. The summed E-state index contributed by atoms with van der Waals surface area (Å²) in [5, 5.41) is 3.20. The molecule has 11 heteroatoms. The van der Waals surface area contributed by atoms with Crippen molar-refractivity contribution in [2.45, 2.75) is 12.5 Å². The van der Waals surface area contributed by atoms with Gasteiger partial charge in [0, 0.05) is 39.9 Å². The van der Waals surface area contributed by atoms with Gasteiger partial charge in [-0.2, -0.15) is 0 Å². The molecule has 2 aromatic carbocycles. The molecule has 1 aliphatic heterocycles. The van der Waals surface area contributed by atoms with Crippen molar-refractivity contribution >= 4 is 55.7 Å². The van der Waals surface area contributed by atoms with Gasteiger partial charge in [0.05, 0.1) is 18.2 Å². The number of benzene rings is 2. The van der Waals surface area contributed by atoms with Crippen LogP contribution >= 0.6 is 28.6 Å². The predicted octanol–water partition coefficient (Wildman–Crippen LogP) is 5.12. The zero-order valence-corrected chi connectivity index (χ0v) is 19.7. The van der Waals surface area contributed by atoms with Gasteiger partial charge in [0.25, 0.3) is 0 Å². The number of pyridine rings is 2. The van der Waals surface area contributed by atoms with E-state index in [1.54, 1.807) is 18.5 Å². The van der Waals surface area contributed by atoms with Crippen molar-refractivity contribution in [3.05, 3.63) is 71.5 Å². The third kappa shape index (κ3) is 5.09. The number of fused-ring (bicyclic) bond motifs is 3. The van der Waals surface area contributed by atoms with E-state index in [1.165, 1.54) is 0 Å². The van der Waals surface area contributed by atoms with Crippen LogP contribution in [0.15, 0.2) is 60.9 Å². The molecule has 8 nitrogen and oxygen atoms in total. The summed E-state index contributed by atoms with van der Waals surface area (Å²) < 4.78 is 22.5. The summed E-state index contributed by atoms with van der Waals surface area (Å²) in [6, 6.07) is 15.2. The van der Waals surface area contributed by atoms with Gasteiger partial charge in [-0.05, 0) is 35.9 Å². The number of nitrogens with zero attached hydrogens (tertiary/aromatic N) is 2. The number of hydrogen-bond acceptors (Lipinski definition) is 8. The van der Waals surface area contributed by atoms with Crippen LogP contribution in [0.25, 0.3) is 21.8 Å². The molecule has 0 radical (unpaired) electrons. The van der Waals surface area contributed by atoms with Crippen molar-refractivity contribution in [2.75, 3.05) is 13.4 Å². The molecule has 2 N–H and O–H groups in total. The first-order valence-corrected chi connectivity index (χ1v) is 12.8. The van der Waals surface area contributed by atoms with Gasteiger partial charge < -0.3 is 23.6 Å². The maximum Gasteiger partial charge on any atom is 0.330 e. The molecule has 2 atom stereocenters. The van der Waals surface area contributed by atoms with E-state index in [2.05, 4.69) is 9.97 Å². The molecule has 0 aliphatic carbocycles. The Labute approximate surface area is 197 Å². The highest BCUT2D eigenvalue weighted by Gasteiger charge is 2.27. The topological polar surface area (TPSA) is 103 Å². The van der Waals surface area contributed by atoms with Gasteiger partial charge >= 0.3 is 8.60 Å². The molecule has 3 heterocycles. The minimum absolute atomic E-state index is 0.0849. The largest absolute Gasteiger partial charge is 0.466 e. The molecular weight excluding hydrogens is 486 g/mol. The predicted molar refractivity (Wildman–Crippen MR) is 127 cm³/mol. The van der Waals surface area contributed by atoms with Gasteiger partial charge in [-0.1, -0.05) is 29.8 Å². The Morgan fingerprint density at radius 1 is 1.12 bits per heavy atom. The first-order valence-electron chi connectivity index (χ1n) is 10.0. The number of rotatable bonds is 6. The van der Waals surface area contributed by atoms with E-state index in [1.807, 2.05) is 42.5 Å². The molecule has 0 amide bonds. The lowest BCUT2D eigenvalue weighted by atomic mass is 10.1. The molecule has 0 bridgehead atoms. The van der Waals surface area contributed by atoms with E-state index in [9.17, 15) is 0 Å². The fourth-order valence-electron chi connectivity index (χ4n) is 3.65. The lowest BCUT2D eigenvalue weighted by Gasteiger charge is -2.29. The van der Waals surface area contributed by atoms with Crippen molar-refractivity contribution in [3.63, 3.8) is 0 Å². The summed E-state index contributed by atoms with van der Waals surface area (Å²) in [5.41, 5.74) is 2.42. The summed E-state index contributed by atoms with van der Waals surface area (Å²) >= 11 is 6.15. The fourth-order valence-corrected chi connectivity index (χ4v) is 5.45. The first kappa shape index (κ1) is 22.8. The third-order valence-corrected chi connectivity index (χ3v) is 7.23. The summed E-state index contributed by atoms with van der Waals surface area (Å²) in [6.45, 7) is 0.307. The Morgan fingerprint density at radius 2 is 2.03 bits per heavy atom. The van der Waals surface area contributed by atoms with Gasteiger partial charge in [-0.3, -0.25) is 14.5 Å². The molecule has 1 saturated heterocycles. The number of ether oxygens (including phenoxy) is 1. The lowest BCUT2D eigenvalue weighted by molar-refractivity contribution is 0.106.